The molecule has 0 spiro atoms. The largest absolute Gasteiger partial charge is 1.00 e. The highest BCUT2D eigenvalue weighted by atomic mass is 19.1. The van der Waals surface area contributed by atoms with Crippen LogP contribution in [0.1, 0.15) is 0 Å². The molecule has 0 saturated carbocycles. The minimum absolute atomic E-state index is 0. The van der Waals surface area contributed by atoms with Crippen LogP contribution < -0.4 is 4.70 Å². The average molecular weight is 115 g/mol. The van der Waals surface area contributed by atoms with Gasteiger partial charge < -0.3 is 4.70 Å². The normalized spacial score (nSPS) is 7.62. The summed E-state index contributed by atoms with van der Waals surface area (Å²) in [4.78, 5) is 0. The highest BCUT2D eigenvalue weighted by Gasteiger charge is 1.77. The van der Waals surface area contributed by atoms with E-state index in [0.29, 0.717) is 0 Å². The zero-order valence-electron chi connectivity index (χ0n) is 4.14. The Kier molecular flexibility index (Phi) is 2.77. The van der Waals surface area contributed by atoms with E-state index in [2.05, 4.69) is 0 Å². The Bertz CT molecular complexity index is 136. The molecule has 0 aliphatic heterocycles. The fourth-order valence-corrected chi connectivity index (χ4v) is 0.415. The van der Waals surface area contributed by atoms with Gasteiger partial charge >= 0.3 is 0 Å². The molecule has 0 saturated heterocycles. The highest BCUT2D eigenvalue weighted by Crippen LogP contribution is 1.91. The van der Waals surface area contributed by atoms with Crippen LogP contribution in [0.4, 0.5) is 4.39 Å². The third-order valence-electron chi connectivity index (χ3n) is 0.733. The first-order chi connectivity index (χ1) is 3.39. The number of benzene rings is 1. The van der Waals surface area contributed by atoms with Crippen LogP contribution in [0, 0.1) is 5.82 Å². The molecule has 1 aromatic carbocycles. The van der Waals surface area contributed by atoms with Crippen molar-refractivity contribution in [2.24, 2.45) is 0 Å². The van der Waals surface area contributed by atoms with Crippen molar-refractivity contribution < 1.29 is 9.09 Å². The second-order valence-electron chi connectivity index (χ2n) is 1.30. The first-order valence-electron chi connectivity index (χ1n) is 2.10. The van der Waals surface area contributed by atoms with Gasteiger partial charge in [0.2, 0.25) is 0 Å². The molecule has 2 heteroatoms. The fourth-order valence-electron chi connectivity index (χ4n) is 0.415. The molecule has 8 heavy (non-hydrogen) atoms. The maximum Gasteiger partial charge on any atom is 0.123 e. The topological polar surface area (TPSA) is 0 Å². The molecule has 0 aromatic heterocycles. The zero-order valence-corrected chi connectivity index (χ0v) is 4.14. The highest BCUT2D eigenvalue weighted by molar-refractivity contribution is 5.02. The van der Waals surface area contributed by atoms with Crippen molar-refractivity contribution in [2.75, 3.05) is 0 Å². The summed E-state index contributed by atoms with van der Waals surface area (Å²) < 4.78 is 11.9. The second kappa shape index (κ2) is 3.13. The Morgan fingerprint density at radius 2 is 1.50 bits per heavy atom. The van der Waals surface area contributed by atoms with Crippen LogP contribution in [-0.4, -0.2) is 0 Å². The van der Waals surface area contributed by atoms with Gasteiger partial charge in [0.1, 0.15) is 5.82 Å². The van der Waals surface area contributed by atoms with Gasteiger partial charge in [-0.05, 0) is 12.1 Å². The quantitative estimate of drug-likeness (QED) is 0.399. The number of hydrogen-bond donors (Lipinski definition) is 0. The SMILES string of the molecule is Fc1ccccc1.[F-]. The van der Waals surface area contributed by atoms with Crippen molar-refractivity contribution in [1.29, 1.82) is 0 Å². The van der Waals surface area contributed by atoms with Crippen molar-refractivity contribution in [3.63, 3.8) is 0 Å². The van der Waals surface area contributed by atoms with Gasteiger partial charge in [-0.1, -0.05) is 18.2 Å². The molecule has 0 atom stereocenters. The van der Waals surface area contributed by atoms with Gasteiger partial charge in [0.25, 0.3) is 0 Å². The number of rotatable bonds is 0. The third kappa shape index (κ3) is 1.69. The average Bonchev–Trinajstić information content (AvgIpc) is 1.69. The summed E-state index contributed by atoms with van der Waals surface area (Å²) in [6, 6.07) is 7.94. The maximum atomic E-state index is 11.9. The lowest BCUT2D eigenvalue weighted by Crippen LogP contribution is -3.00. The first kappa shape index (κ1) is 7.08. The zero-order chi connectivity index (χ0) is 5.11. The lowest BCUT2D eigenvalue weighted by atomic mass is 10.4. The molecule has 0 fully saturated rings. The van der Waals surface area contributed by atoms with Gasteiger partial charge in [-0.2, -0.15) is 0 Å². The Hall–Kier alpha value is -0.920. The molecule has 0 aliphatic rings. The predicted octanol–water partition coefficient (Wildman–Crippen LogP) is -1.17. The van der Waals surface area contributed by atoms with E-state index in [1.165, 1.54) is 12.1 Å². The summed E-state index contributed by atoms with van der Waals surface area (Å²) >= 11 is 0. The van der Waals surface area contributed by atoms with Gasteiger partial charge in [0.05, 0.1) is 0 Å². The van der Waals surface area contributed by atoms with Crippen LogP contribution in [0.25, 0.3) is 0 Å². The number of halogens is 2. The summed E-state index contributed by atoms with van der Waals surface area (Å²) in [6.45, 7) is 0. The Morgan fingerprint density at radius 3 is 1.75 bits per heavy atom. The second-order valence-corrected chi connectivity index (χ2v) is 1.30. The smallest absolute Gasteiger partial charge is 0.123 e. The molecule has 44 valence electrons. The maximum absolute atomic E-state index is 11.9. The van der Waals surface area contributed by atoms with E-state index in [-0.39, 0.29) is 10.5 Å². The first-order valence-corrected chi connectivity index (χ1v) is 2.10. The molecule has 0 radical (unpaired) electrons. The summed E-state index contributed by atoms with van der Waals surface area (Å²) in [7, 11) is 0. The van der Waals surface area contributed by atoms with Crippen molar-refractivity contribution in [3.05, 3.63) is 36.1 Å². The van der Waals surface area contributed by atoms with E-state index in [0.717, 1.165) is 0 Å². The van der Waals surface area contributed by atoms with Crippen LogP contribution in [0.15, 0.2) is 30.3 Å². The number of hydrogen-bond acceptors (Lipinski definition) is 0. The minimum atomic E-state index is -0.178. The molecule has 0 nitrogen and oxygen atoms in total. The van der Waals surface area contributed by atoms with Gasteiger partial charge in [0.15, 0.2) is 0 Å². The van der Waals surface area contributed by atoms with Gasteiger partial charge in [-0.15, -0.1) is 0 Å². The standard InChI is InChI=1S/C6H5F.FH/c7-6-4-2-1-3-5-6;/h1-5H;1H/p-1. The molecule has 0 amide bonds. The van der Waals surface area contributed by atoms with Crippen molar-refractivity contribution in [1.82, 2.24) is 0 Å². The molecule has 0 N–H and O–H groups in total. The molecular weight excluding hydrogens is 110 g/mol. The molecule has 0 aliphatic carbocycles. The van der Waals surface area contributed by atoms with Crippen LogP contribution in [0.3, 0.4) is 0 Å². The Morgan fingerprint density at radius 1 is 1.00 bits per heavy atom. The van der Waals surface area contributed by atoms with E-state index >= 15 is 0 Å². The summed E-state index contributed by atoms with van der Waals surface area (Å²) in [5.41, 5.74) is 0. The fraction of sp³-hybridized carbons (Fsp3) is 0. The lowest BCUT2D eigenvalue weighted by Gasteiger charge is -1.78. The summed E-state index contributed by atoms with van der Waals surface area (Å²) in [5.74, 6) is -0.178. The Balaban J connectivity index is 0.000000490. The molecule has 0 heterocycles. The minimum Gasteiger partial charge on any atom is -1.00 e. The van der Waals surface area contributed by atoms with E-state index in [1.54, 1.807) is 18.2 Å². The van der Waals surface area contributed by atoms with E-state index in [9.17, 15) is 4.39 Å². The molecule has 1 rings (SSSR count). The van der Waals surface area contributed by atoms with Crippen LogP contribution in [-0.2, 0) is 0 Å². The van der Waals surface area contributed by atoms with Crippen molar-refractivity contribution in [3.8, 4) is 0 Å². The monoisotopic (exact) mass is 115 g/mol. The predicted molar refractivity (Wildman–Crippen MR) is 26.4 cm³/mol. The molecule has 0 bridgehead atoms. The molecule has 1 aromatic rings. The van der Waals surface area contributed by atoms with Crippen molar-refractivity contribution >= 4 is 0 Å². The van der Waals surface area contributed by atoms with E-state index in [1.807, 2.05) is 0 Å². The van der Waals surface area contributed by atoms with Gasteiger partial charge in [0, 0.05) is 0 Å². The van der Waals surface area contributed by atoms with E-state index in [4.69, 9.17) is 0 Å². The van der Waals surface area contributed by atoms with Gasteiger partial charge in [-0.3, -0.25) is 0 Å². The molecular formula is C6H5F2-. The molecule has 0 unspecified atom stereocenters. The van der Waals surface area contributed by atoms with Crippen molar-refractivity contribution in [2.45, 2.75) is 0 Å². The third-order valence-corrected chi connectivity index (χ3v) is 0.733. The summed E-state index contributed by atoms with van der Waals surface area (Å²) in [6.07, 6.45) is 0. The van der Waals surface area contributed by atoms with Crippen LogP contribution in [0.2, 0.25) is 0 Å². The van der Waals surface area contributed by atoms with E-state index < -0.39 is 0 Å². The van der Waals surface area contributed by atoms with Crippen LogP contribution in [0.5, 0.6) is 0 Å². The Labute approximate surface area is 46.3 Å². The van der Waals surface area contributed by atoms with Crippen LogP contribution >= 0.6 is 0 Å². The summed E-state index contributed by atoms with van der Waals surface area (Å²) in [5, 5.41) is 0. The lowest BCUT2D eigenvalue weighted by molar-refractivity contribution is -0.00000204. The van der Waals surface area contributed by atoms with Gasteiger partial charge in [-0.25, -0.2) is 4.39 Å².